The van der Waals surface area contributed by atoms with Gasteiger partial charge in [0.15, 0.2) is 0 Å². The first-order chi connectivity index (χ1) is 5.74. The van der Waals surface area contributed by atoms with Gasteiger partial charge in [-0.05, 0) is 45.4 Å². The van der Waals surface area contributed by atoms with E-state index in [9.17, 15) is 0 Å². The van der Waals surface area contributed by atoms with Crippen LogP contribution in [-0.2, 0) is 0 Å². The summed E-state index contributed by atoms with van der Waals surface area (Å²) < 4.78 is 0. The van der Waals surface area contributed by atoms with Crippen molar-refractivity contribution in [2.24, 2.45) is 4.99 Å². The highest BCUT2D eigenvalue weighted by atomic mass is 14.7. The number of hydrogen-bond donors (Lipinski definition) is 1. The zero-order valence-electron chi connectivity index (χ0n) is 7.96. The molecule has 66 valence electrons. The summed E-state index contributed by atoms with van der Waals surface area (Å²) in [4.78, 5) is 3.78. The van der Waals surface area contributed by atoms with Crippen LogP contribution >= 0.6 is 0 Å². The van der Waals surface area contributed by atoms with Crippen molar-refractivity contribution in [3.05, 3.63) is 29.8 Å². The van der Waals surface area contributed by atoms with Crippen LogP contribution in [-0.4, -0.2) is 20.8 Å². The maximum Gasteiger partial charge on any atom is 0.0625 e. The molecule has 0 aliphatic carbocycles. The van der Waals surface area contributed by atoms with Crippen LogP contribution in [0, 0.1) is 6.92 Å². The molecule has 0 bridgehead atoms. The predicted octanol–water partition coefficient (Wildman–Crippen LogP) is 2.16. The molecule has 0 fully saturated rings. The fourth-order valence-electron chi connectivity index (χ4n) is 0.726. The minimum absolute atomic E-state index is 0.940. The van der Waals surface area contributed by atoms with Gasteiger partial charge in [-0.25, -0.2) is 0 Å². The fourth-order valence-corrected chi connectivity index (χ4v) is 0.726. The highest BCUT2D eigenvalue weighted by Crippen LogP contribution is 2.11. The van der Waals surface area contributed by atoms with E-state index in [0.29, 0.717) is 0 Å². The maximum atomic E-state index is 3.78. The van der Waals surface area contributed by atoms with E-state index in [4.69, 9.17) is 0 Å². The van der Waals surface area contributed by atoms with E-state index in [2.05, 4.69) is 17.0 Å². The molecule has 0 radical (unpaired) electrons. The molecular weight excluding hydrogens is 148 g/mol. The molecule has 0 saturated heterocycles. The molecule has 2 heteroatoms. The molecule has 0 atom stereocenters. The zero-order valence-corrected chi connectivity index (χ0v) is 7.96. The van der Waals surface area contributed by atoms with E-state index < -0.39 is 0 Å². The second-order valence-corrected chi connectivity index (χ2v) is 2.50. The number of aliphatic imine (C=N–C) groups is 1. The summed E-state index contributed by atoms with van der Waals surface area (Å²) in [6.07, 6.45) is 0. The Hall–Kier alpha value is -1.15. The van der Waals surface area contributed by atoms with Gasteiger partial charge in [-0.3, -0.25) is 4.99 Å². The molecular formula is C10H16N2. The van der Waals surface area contributed by atoms with Crippen LogP contribution in [0.2, 0.25) is 0 Å². The Kier molecular flexibility index (Phi) is 5.93. The van der Waals surface area contributed by atoms with E-state index in [1.54, 1.807) is 0 Å². The van der Waals surface area contributed by atoms with Crippen molar-refractivity contribution in [3.63, 3.8) is 0 Å². The maximum absolute atomic E-state index is 3.78. The summed E-state index contributed by atoms with van der Waals surface area (Å²) in [5, 5.41) is 2.75. The lowest BCUT2D eigenvalue weighted by atomic mass is 10.2. The number of benzene rings is 1. The molecule has 0 aliphatic heterocycles. The smallest absolute Gasteiger partial charge is 0.0625 e. The number of aryl methyl sites for hydroxylation is 1. The molecule has 12 heavy (non-hydrogen) atoms. The van der Waals surface area contributed by atoms with E-state index >= 15 is 0 Å². The first kappa shape index (κ1) is 10.8. The number of nitrogens with one attached hydrogen (secondary N) is 1. The lowest BCUT2D eigenvalue weighted by Gasteiger charge is -1.91. The number of nitrogens with zero attached hydrogens (tertiary/aromatic N) is 1. The average molecular weight is 164 g/mol. The zero-order chi connectivity index (χ0) is 9.40. The van der Waals surface area contributed by atoms with Crippen LogP contribution < -0.4 is 5.32 Å². The van der Waals surface area contributed by atoms with E-state index in [1.165, 1.54) is 5.56 Å². The SMILES string of the molecule is C=Nc1cccc(C)c1.CNC. The quantitative estimate of drug-likeness (QED) is 0.632. The van der Waals surface area contributed by atoms with Crippen LogP contribution in [0.1, 0.15) is 5.56 Å². The van der Waals surface area contributed by atoms with Gasteiger partial charge in [-0.15, -0.1) is 0 Å². The summed E-state index contributed by atoms with van der Waals surface area (Å²) in [6.45, 7) is 5.46. The molecule has 0 aliphatic rings. The molecule has 0 heterocycles. The van der Waals surface area contributed by atoms with E-state index in [1.807, 2.05) is 45.3 Å². The first-order valence-electron chi connectivity index (χ1n) is 3.86. The number of rotatable bonds is 1. The van der Waals surface area contributed by atoms with Crippen molar-refractivity contribution in [1.29, 1.82) is 0 Å². The predicted molar refractivity (Wildman–Crippen MR) is 55.4 cm³/mol. The molecule has 1 aromatic rings. The lowest BCUT2D eigenvalue weighted by molar-refractivity contribution is 1.02. The Labute approximate surface area is 74.3 Å². The summed E-state index contributed by atoms with van der Waals surface area (Å²) >= 11 is 0. The van der Waals surface area contributed by atoms with Crippen molar-refractivity contribution in [2.75, 3.05) is 14.1 Å². The summed E-state index contributed by atoms with van der Waals surface area (Å²) in [7, 11) is 3.75. The Balaban J connectivity index is 0.000000354. The van der Waals surface area contributed by atoms with E-state index in [-0.39, 0.29) is 0 Å². The van der Waals surface area contributed by atoms with Crippen molar-refractivity contribution < 1.29 is 0 Å². The Morgan fingerprint density at radius 2 is 1.92 bits per heavy atom. The van der Waals surface area contributed by atoms with Crippen LogP contribution in [0.5, 0.6) is 0 Å². The molecule has 1 rings (SSSR count). The highest BCUT2D eigenvalue weighted by molar-refractivity contribution is 5.46. The third-order valence-electron chi connectivity index (χ3n) is 1.18. The molecule has 1 N–H and O–H groups in total. The molecule has 0 unspecified atom stereocenters. The second kappa shape index (κ2) is 6.55. The molecule has 2 nitrogen and oxygen atoms in total. The highest BCUT2D eigenvalue weighted by Gasteiger charge is 1.84. The summed E-state index contributed by atoms with van der Waals surface area (Å²) in [6, 6.07) is 7.93. The van der Waals surface area contributed by atoms with Crippen molar-refractivity contribution in [2.45, 2.75) is 6.92 Å². The van der Waals surface area contributed by atoms with Gasteiger partial charge in [0.2, 0.25) is 0 Å². The lowest BCUT2D eigenvalue weighted by Crippen LogP contribution is -1.89. The first-order valence-corrected chi connectivity index (χ1v) is 3.86. The fraction of sp³-hybridized carbons (Fsp3) is 0.300. The van der Waals surface area contributed by atoms with Crippen molar-refractivity contribution in [1.82, 2.24) is 5.32 Å². The topological polar surface area (TPSA) is 24.4 Å². The third-order valence-corrected chi connectivity index (χ3v) is 1.18. The van der Waals surface area contributed by atoms with Gasteiger partial charge in [0, 0.05) is 0 Å². The summed E-state index contributed by atoms with van der Waals surface area (Å²) in [5.74, 6) is 0. The monoisotopic (exact) mass is 164 g/mol. The van der Waals surface area contributed by atoms with Gasteiger partial charge in [-0.2, -0.15) is 0 Å². The van der Waals surface area contributed by atoms with Crippen LogP contribution in [0.25, 0.3) is 0 Å². The standard InChI is InChI=1S/C8H9N.C2H7N/c1-7-4-3-5-8(6-7)9-2;1-3-2/h3-6H,2H2,1H3;3H,1-2H3. The largest absolute Gasteiger partial charge is 0.323 e. The molecule has 0 spiro atoms. The Morgan fingerprint density at radius 1 is 1.33 bits per heavy atom. The van der Waals surface area contributed by atoms with Crippen LogP contribution in [0.3, 0.4) is 0 Å². The molecule has 1 aromatic carbocycles. The van der Waals surface area contributed by atoms with Gasteiger partial charge < -0.3 is 5.32 Å². The van der Waals surface area contributed by atoms with Gasteiger partial charge in [0.1, 0.15) is 0 Å². The summed E-state index contributed by atoms with van der Waals surface area (Å²) in [5.41, 5.74) is 2.16. The molecule has 0 aromatic heterocycles. The van der Waals surface area contributed by atoms with Crippen LogP contribution in [0.4, 0.5) is 5.69 Å². The van der Waals surface area contributed by atoms with Gasteiger partial charge in [-0.1, -0.05) is 12.1 Å². The second-order valence-electron chi connectivity index (χ2n) is 2.50. The van der Waals surface area contributed by atoms with Gasteiger partial charge >= 0.3 is 0 Å². The minimum Gasteiger partial charge on any atom is -0.323 e. The van der Waals surface area contributed by atoms with Crippen molar-refractivity contribution in [3.8, 4) is 0 Å². The minimum atomic E-state index is 0.940. The molecule has 0 saturated carbocycles. The van der Waals surface area contributed by atoms with Gasteiger partial charge in [0.05, 0.1) is 5.69 Å². The Bertz CT molecular complexity index is 231. The third kappa shape index (κ3) is 4.63. The number of hydrogen-bond acceptors (Lipinski definition) is 2. The Morgan fingerprint density at radius 3 is 2.25 bits per heavy atom. The van der Waals surface area contributed by atoms with Crippen LogP contribution in [0.15, 0.2) is 29.3 Å². The molecule has 0 amide bonds. The van der Waals surface area contributed by atoms with Gasteiger partial charge in [0.25, 0.3) is 0 Å². The van der Waals surface area contributed by atoms with Crippen molar-refractivity contribution >= 4 is 12.4 Å². The van der Waals surface area contributed by atoms with E-state index in [0.717, 1.165) is 5.69 Å². The normalized spacial score (nSPS) is 8.25. The average Bonchev–Trinajstić information content (AvgIpc) is 2.06.